The zero-order valence-corrected chi connectivity index (χ0v) is 11.3. The number of carbonyl (C=O) groups excluding carboxylic acids is 1. The number of ether oxygens (including phenoxy) is 2. The molecule has 0 spiro atoms. The average molecular weight is 256 g/mol. The van der Waals surface area contributed by atoms with E-state index in [4.69, 9.17) is 9.47 Å². The highest BCUT2D eigenvalue weighted by atomic mass is 16.7. The summed E-state index contributed by atoms with van der Waals surface area (Å²) in [5.74, 6) is -0.479. The summed E-state index contributed by atoms with van der Waals surface area (Å²) in [6, 6.07) is 0.528. The first kappa shape index (κ1) is 13.8. The number of amides is 1. The summed E-state index contributed by atoms with van der Waals surface area (Å²) in [4.78, 5) is 11.6. The van der Waals surface area contributed by atoms with Crippen molar-refractivity contribution < 1.29 is 14.3 Å². The van der Waals surface area contributed by atoms with Crippen molar-refractivity contribution in [2.45, 2.75) is 57.5 Å². The molecule has 1 unspecified atom stereocenters. The molecular formula is C13H24N2O3. The summed E-state index contributed by atoms with van der Waals surface area (Å²) in [6.45, 7) is 5.24. The van der Waals surface area contributed by atoms with Crippen LogP contribution in [-0.4, -0.2) is 43.5 Å². The molecule has 0 bridgehead atoms. The van der Waals surface area contributed by atoms with Gasteiger partial charge in [0.05, 0.1) is 13.2 Å². The summed E-state index contributed by atoms with van der Waals surface area (Å²) in [6.07, 6.45) is 4.92. The van der Waals surface area contributed by atoms with E-state index < -0.39 is 5.79 Å². The molecule has 104 valence electrons. The first-order valence-corrected chi connectivity index (χ1v) is 6.87. The van der Waals surface area contributed by atoms with Gasteiger partial charge >= 0.3 is 0 Å². The lowest BCUT2D eigenvalue weighted by Crippen LogP contribution is -2.41. The Kier molecular flexibility index (Phi) is 4.59. The van der Waals surface area contributed by atoms with E-state index in [-0.39, 0.29) is 12.0 Å². The van der Waals surface area contributed by atoms with Gasteiger partial charge in [-0.25, -0.2) is 0 Å². The van der Waals surface area contributed by atoms with Crippen molar-refractivity contribution in [1.82, 2.24) is 10.6 Å². The molecule has 0 aromatic rings. The molecule has 0 aromatic heterocycles. The third-order valence-electron chi connectivity index (χ3n) is 3.50. The fourth-order valence-electron chi connectivity index (χ4n) is 2.52. The third-order valence-corrected chi connectivity index (χ3v) is 3.50. The van der Waals surface area contributed by atoms with Gasteiger partial charge < -0.3 is 20.1 Å². The van der Waals surface area contributed by atoms with E-state index in [2.05, 4.69) is 10.6 Å². The fraction of sp³-hybridized carbons (Fsp3) is 0.923. The molecule has 1 heterocycles. The predicted molar refractivity (Wildman–Crippen MR) is 68.2 cm³/mol. The molecule has 1 amide bonds. The largest absolute Gasteiger partial charge is 0.352 e. The van der Waals surface area contributed by atoms with E-state index in [1.807, 2.05) is 13.8 Å². The van der Waals surface area contributed by atoms with Crippen molar-refractivity contribution in [1.29, 1.82) is 0 Å². The van der Waals surface area contributed by atoms with Gasteiger partial charge in [-0.15, -0.1) is 0 Å². The molecule has 0 aromatic carbocycles. The van der Waals surface area contributed by atoms with Gasteiger partial charge in [0.2, 0.25) is 5.91 Å². The van der Waals surface area contributed by atoms with Crippen molar-refractivity contribution in [3.8, 4) is 0 Å². The lowest BCUT2D eigenvalue weighted by Gasteiger charge is -2.17. The molecule has 5 nitrogen and oxygen atoms in total. The molecule has 0 radical (unpaired) electrons. The second-order valence-corrected chi connectivity index (χ2v) is 5.62. The maximum Gasteiger partial charge on any atom is 0.234 e. The third kappa shape index (κ3) is 4.23. The van der Waals surface area contributed by atoms with Crippen LogP contribution in [0.4, 0.5) is 0 Å². The summed E-state index contributed by atoms with van der Waals surface area (Å²) >= 11 is 0. The van der Waals surface area contributed by atoms with Gasteiger partial charge in [0.15, 0.2) is 5.79 Å². The minimum absolute atomic E-state index is 0.0320. The lowest BCUT2D eigenvalue weighted by atomic mass is 10.2. The Morgan fingerprint density at radius 1 is 1.33 bits per heavy atom. The molecular weight excluding hydrogens is 232 g/mol. The van der Waals surface area contributed by atoms with E-state index in [1.54, 1.807) is 0 Å². The summed E-state index contributed by atoms with van der Waals surface area (Å²) in [5.41, 5.74) is 0. The van der Waals surface area contributed by atoms with Gasteiger partial charge in [-0.2, -0.15) is 0 Å². The second kappa shape index (κ2) is 5.99. The van der Waals surface area contributed by atoms with E-state index >= 15 is 0 Å². The Labute approximate surface area is 109 Å². The maximum atomic E-state index is 11.6. The van der Waals surface area contributed by atoms with Crippen molar-refractivity contribution in [3.05, 3.63) is 0 Å². The zero-order valence-electron chi connectivity index (χ0n) is 11.3. The Balaban J connectivity index is 1.57. The van der Waals surface area contributed by atoms with Crippen LogP contribution in [0.1, 0.15) is 39.5 Å². The first-order valence-electron chi connectivity index (χ1n) is 6.87. The van der Waals surface area contributed by atoms with Gasteiger partial charge in [-0.1, -0.05) is 12.8 Å². The lowest BCUT2D eigenvalue weighted by molar-refractivity contribution is -0.139. The highest BCUT2D eigenvalue weighted by molar-refractivity contribution is 5.78. The Morgan fingerprint density at radius 2 is 2.06 bits per heavy atom. The molecule has 1 aliphatic carbocycles. The van der Waals surface area contributed by atoms with Gasteiger partial charge in [-0.3, -0.25) is 4.79 Å². The number of nitrogens with one attached hydrogen (secondary N) is 2. The second-order valence-electron chi connectivity index (χ2n) is 5.62. The van der Waals surface area contributed by atoms with Crippen molar-refractivity contribution in [2.75, 3.05) is 19.7 Å². The van der Waals surface area contributed by atoms with E-state index in [0.717, 1.165) is 0 Å². The highest BCUT2D eigenvalue weighted by Gasteiger charge is 2.32. The minimum Gasteiger partial charge on any atom is -0.352 e. The number of rotatable bonds is 5. The van der Waals surface area contributed by atoms with Gasteiger partial charge in [0, 0.05) is 12.6 Å². The van der Waals surface area contributed by atoms with Crippen molar-refractivity contribution in [3.63, 3.8) is 0 Å². The van der Waals surface area contributed by atoms with E-state index in [9.17, 15) is 4.79 Å². The quantitative estimate of drug-likeness (QED) is 0.763. The first-order chi connectivity index (χ1) is 8.55. The Morgan fingerprint density at radius 3 is 2.67 bits per heavy atom. The van der Waals surface area contributed by atoms with Crippen LogP contribution in [0.2, 0.25) is 0 Å². The zero-order chi connectivity index (χ0) is 13.0. The molecule has 18 heavy (non-hydrogen) atoms. The molecule has 1 atom stereocenters. The fourth-order valence-corrected chi connectivity index (χ4v) is 2.52. The molecule has 2 N–H and O–H groups in total. The molecule has 2 rings (SSSR count). The van der Waals surface area contributed by atoms with Gasteiger partial charge in [0.1, 0.15) is 6.10 Å². The van der Waals surface area contributed by atoms with E-state index in [1.165, 1.54) is 25.7 Å². The summed E-state index contributed by atoms with van der Waals surface area (Å²) in [5, 5.41) is 6.17. The Bertz CT molecular complexity index is 288. The number of hydrogen-bond acceptors (Lipinski definition) is 4. The van der Waals surface area contributed by atoms with E-state index in [0.29, 0.717) is 25.7 Å². The smallest absolute Gasteiger partial charge is 0.234 e. The predicted octanol–water partition coefficient (Wildman–Crippen LogP) is 0.786. The van der Waals surface area contributed by atoms with Crippen LogP contribution < -0.4 is 10.6 Å². The molecule has 1 aliphatic heterocycles. The highest BCUT2D eigenvalue weighted by Crippen LogP contribution is 2.21. The summed E-state index contributed by atoms with van der Waals surface area (Å²) in [7, 11) is 0. The van der Waals surface area contributed by atoms with Gasteiger partial charge in [0.25, 0.3) is 0 Å². The number of hydrogen-bond donors (Lipinski definition) is 2. The van der Waals surface area contributed by atoms with Crippen LogP contribution in [0.5, 0.6) is 0 Å². The van der Waals surface area contributed by atoms with Crippen LogP contribution in [-0.2, 0) is 14.3 Å². The van der Waals surface area contributed by atoms with Crippen LogP contribution in [0.15, 0.2) is 0 Å². The molecule has 2 fully saturated rings. The normalized spacial score (nSPS) is 27.6. The SMILES string of the molecule is CC1(C)OCC(CNC(=O)CNC2CCCC2)O1. The maximum absolute atomic E-state index is 11.6. The van der Waals surface area contributed by atoms with Crippen LogP contribution in [0, 0.1) is 0 Å². The standard InChI is InChI=1S/C13H24N2O3/c1-13(2)17-9-11(18-13)7-15-12(16)8-14-10-5-3-4-6-10/h10-11,14H,3-9H2,1-2H3,(H,15,16). The molecule has 2 aliphatic rings. The molecule has 1 saturated carbocycles. The van der Waals surface area contributed by atoms with Crippen molar-refractivity contribution >= 4 is 5.91 Å². The van der Waals surface area contributed by atoms with Crippen LogP contribution in [0.25, 0.3) is 0 Å². The molecule has 5 heteroatoms. The van der Waals surface area contributed by atoms with Crippen molar-refractivity contribution in [2.24, 2.45) is 0 Å². The topological polar surface area (TPSA) is 59.6 Å². The minimum atomic E-state index is -0.516. The van der Waals surface area contributed by atoms with Crippen LogP contribution >= 0.6 is 0 Å². The summed E-state index contributed by atoms with van der Waals surface area (Å²) < 4.78 is 11.1. The average Bonchev–Trinajstić information content (AvgIpc) is 2.93. The Hall–Kier alpha value is -0.650. The van der Waals surface area contributed by atoms with Crippen LogP contribution in [0.3, 0.4) is 0 Å². The van der Waals surface area contributed by atoms with Gasteiger partial charge in [-0.05, 0) is 26.7 Å². The monoisotopic (exact) mass is 256 g/mol. The molecule has 1 saturated heterocycles. The number of carbonyl (C=O) groups is 1.